The van der Waals surface area contributed by atoms with Gasteiger partial charge in [0, 0.05) is 19.6 Å². The van der Waals surface area contributed by atoms with Crippen LogP contribution in [0.5, 0.6) is 0 Å². The largest absolute Gasteiger partial charge is 0.370 e. The Kier molecular flexibility index (Phi) is 6.03. The SMILES string of the molecule is CC(C)CCNC(=O)c1ccc(N2CCCCCC2)cn1. The number of pyridine rings is 1. The molecule has 1 aliphatic rings. The Morgan fingerprint density at radius 2 is 1.95 bits per heavy atom. The van der Waals surface area contributed by atoms with Crippen LogP contribution in [0.3, 0.4) is 0 Å². The molecule has 0 bridgehead atoms. The Hall–Kier alpha value is -1.58. The molecule has 1 aliphatic heterocycles. The van der Waals surface area contributed by atoms with Crippen LogP contribution in [0.25, 0.3) is 0 Å². The van der Waals surface area contributed by atoms with Gasteiger partial charge in [0.05, 0.1) is 11.9 Å². The third-order valence-electron chi connectivity index (χ3n) is 3.96. The Balaban J connectivity index is 1.90. The summed E-state index contributed by atoms with van der Waals surface area (Å²) in [6.07, 6.45) is 7.97. The standard InChI is InChI=1S/C17H27N3O/c1-14(2)9-10-18-17(21)16-8-7-15(13-19-16)20-11-5-3-4-6-12-20/h7-8,13-14H,3-6,9-12H2,1-2H3,(H,18,21). The fourth-order valence-corrected chi connectivity index (χ4v) is 2.60. The topological polar surface area (TPSA) is 45.2 Å². The smallest absolute Gasteiger partial charge is 0.269 e. The van der Waals surface area contributed by atoms with Crippen molar-refractivity contribution in [2.24, 2.45) is 5.92 Å². The second-order valence-electron chi connectivity index (χ2n) is 6.24. The van der Waals surface area contributed by atoms with Crippen molar-refractivity contribution in [3.05, 3.63) is 24.0 Å². The average Bonchev–Trinajstić information content (AvgIpc) is 2.76. The van der Waals surface area contributed by atoms with Gasteiger partial charge in [0.15, 0.2) is 0 Å². The summed E-state index contributed by atoms with van der Waals surface area (Å²) in [5, 5.41) is 2.92. The molecule has 21 heavy (non-hydrogen) atoms. The molecule has 1 N–H and O–H groups in total. The van der Waals surface area contributed by atoms with Gasteiger partial charge in [-0.25, -0.2) is 4.98 Å². The maximum atomic E-state index is 12.0. The van der Waals surface area contributed by atoms with Crippen LogP contribution in [-0.2, 0) is 0 Å². The zero-order valence-electron chi connectivity index (χ0n) is 13.3. The molecule has 0 spiro atoms. The summed E-state index contributed by atoms with van der Waals surface area (Å²) >= 11 is 0. The van der Waals surface area contributed by atoms with Crippen LogP contribution in [-0.4, -0.2) is 30.5 Å². The van der Waals surface area contributed by atoms with Gasteiger partial charge in [-0.1, -0.05) is 26.7 Å². The fourth-order valence-electron chi connectivity index (χ4n) is 2.60. The predicted molar refractivity (Wildman–Crippen MR) is 86.7 cm³/mol. The van der Waals surface area contributed by atoms with Crippen LogP contribution >= 0.6 is 0 Å². The molecular formula is C17H27N3O. The van der Waals surface area contributed by atoms with E-state index < -0.39 is 0 Å². The molecule has 0 unspecified atom stereocenters. The summed E-state index contributed by atoms with van der Waals surface area (Å²) in [6, 6.07) is 3.86. The molecule has 4 nitrogen and oxygen atoms in total. The summed E-state index contributed by atoms with van der Waals surface area (Å²) in [5.41, 5.74) is 1.65. The molecule has 2 rings (SSSR count). The maximum absolute atomic E-state index is 12.0. The zero-order chi connectivity index (χ0) is 15.1. The highest BCUT2D eigenvalue weighted by Crippen LogP contribution is 2.18. The summed E-state index contributed by atoms with van der Waals surface area (Å²) < 4.78 is 0. The van der Waals surface area contributed by atoms with Crippen molar-refractivity contribution in [3.8, 4) is 0 Å². The van der Waals surface area contributed by atoms with E-state index in [9.17, 15) is 4.79 Å². The van der Waals surface area contributed by atoms with Crippen LogP contribution in [0.2, 0.25) is 0 Å². The van der Waals surface area contributed by atoms with Gasteiger partial charge < -0.3 is 10.2 Å². The van der Waals surface area contributed by atoms with Gasteiger partial charge >= 0.3 is 0 Å². The van der Waals surface area contributed by atoms with Gasteiger partial charge in [-0.3, -0.25) is 4.79 Å². The molecule has 1 amide bonds. The Labute approximate surface area is 127 Å². The lowest BCUT2D eigenvalue weighted by Crippen LogP contribution is -2.27. The predicted octanol–water partition coefficient (Wildman–Crippen LogP) is 3.24. The summed E-state index contributed by atoms with van der Waals surface area (Å²) in [7, 11) is 0. The molecule has 0 radical (unpaired) electrons. The molecule has 116 valence electrons. The van der Waals surface area contributed by atoms with Crippen molar-refractivity contribution in [3.63, 3.8) is 0 Å². The van der Waals surface area contributed by atoms with Crippen LogP contribution < -0.4 is 10.2 Å². The minimum Gasteiger partial charge on any atom is -0.370 e. The molecule has 0 aromatic carbocycles. The summed E-state index contributed by atoms with van der Waals surface area (Å²) in [4.78, 5) is 18.7. The molecule has 0 aliphatic carbocycles. The van der Waals surface area contributed by atoms with E-state index in [0.717, 1.165) is 25.2 Å². The third kappa shape index (κ3) is 5.03. The van der Waals surface area contributed by atoms with Crippen LogP contribution in [0.1, 0.15) is 56.4 Å². The quantitative estimate of drug-likeness (QED) is 0.905. The number of hydrogen-bond donors (Lipinski definition) is 1. The third-order valence-corrected chi connectivity index (χ3v) is 3.96. The van der Waals surface area contributed by atoms with Gasteiger partial charge in [0.25, 0.3) is 5.91 Å². The van der Waals surface area contributed by atoms with Gasteiger partial charge in [-0.2, -0.15) is 0 Å². The molecule has 4 heteroatoms. The second kappa shape index (κ2) is 8.01. The monoisotopic (exact) mass is 289 g/mol. The lowest BCUT2D eigenvalue weighted by molar-refractivity contribution is 0.0947. The Morgan fingerprint density at radius 3 is 2.52 bits per heavy atom. The van der Waals surface area contributed by atoms with Crippen molar-refractivity contribution < 1.29 is 4.79 Å². The number of hydrogen-bond acceptors (Lipinski definition) is 3. The van der Waals surface area contributed by atoms with E-state index in [4.69, 9.17) is 0 Å². The summed E-state index contributed by atoms with van der Waals surface area (Å²) in [6.45, 7) is 7.22. The second-order valence-corrected chi connectivity index (χ2v) is 6.24. The summed E-state index contributed by atoms with van der Waals surface area (Å²) in [5.74, 6) is 0.529. The highest BCUT2D eigenvalue weighted by molar-refractivity contribution is 5.92. The van der Waals surface area contributed by atoms with E-state index >= 15 is 0 Å². The van der Waals surface area contributed by atoms with E-state index in [1.165, 1.54) is 25.7 Å². The lowest BCUT2D eigenvalue weighted by Gasteiger charge is -2.22. The van der Waals surface area contributed by atoms with E-state index in [0.29, 0.717) is 18.2 Å². The zero-order valence-corrected chi connectivity index (χ0v) is 13.3. The molecular weight excluding hydrogens is 262 g/mol. The highest BCUT2D eigenvalue weighted by atomic mass is 16.1. The van der Waals surface area contributed by atoms with E-state index in [2.05, 4.69) is 29.0 Å². The lowest BCUT2D eigenvalue weighted by atomic mass is 10.1. The Bertz CT molecular complexity index is 434. The highest BCUT2D eigenvalue weighted by Gasteiger charge is 2.12. The van der Waals surface area contributed by atoms with Crippen LogP contribution in [0, 0.1) is 5.92 Å². The van der Waals surface area contributed by atoms with Crippen molar-refractivity contribution in [1.82, 2.24) is 10.3 Å². The van der Waals surface area contributed by atoms with E-state index in [-0.39, 0.29) is 5.91 Å². The number of nitrogens with one attached hydrogen (secondary N) is 1. The molecule has 1 aromatic heterocycles. The van der Waals surface area contributed by atoms with Crippen molar-refractivity contribution in [2.75, 3.05) is 24.5 Å². The molecule has 0 saturated carbocycles. The molecule has 1 saturated heterocycles. The number of carbonyl (C=O) groups excluding carboxylic acids is 1. The molecule has 0 atom stereocenters. The average molecular weight is 289 g/mol. The first-order valence-electron chi connectivity index (χ1n) is 8.16. The van der Waals surface area contributed by atoms with Gasteiger partial charge in [-0.05, 0) is 37.3 Å². The normalized spacial score (nSPS) is 15.9. The number of rotatable bonds is 5. The fraction of sp³-hybridized carbons (Fsp3) is 0.647. The van der Waals surface area contributed by atoms with Gasteiger partial charge in [0.1, 0.15) is 5.69 Å². The molecule has 1 aromatic rings. The number of aromatic nitrogens is 1. The van der Waals surface area contributed by atoms with Crippen LogP contribution in [0.4, 0.5) is 5.69 Å². The molecule has 2 heterocycles. The van der Waals surface area contributed by atoms with E-state index in [1.807, 2.05) is 18.3 Å². The van der Waals surface area contributed by atoms with Gasteiger partial charge in [-0.15, -0.1) is 0 Å². The first kappa shape index (κ1) is 15.8. The minimum atomic E-state index is -0.0712. The number of anilines is 1. The molecule has 1 fully saturated rings. The first-order valence-corrected chi connectivity index (χ1v) is 8.16. The maximum Gasteiger partial charge on any atom is 0.269 e. The number of amides is 1. The van der Waals surface area contributed by atoms with Crippen molar-refractivity contribution >= 4 is 11.6 Å². The number of carbonyl (C=O) groups is 1. The minimum absolute atomic E-state index is 0.0712. The number of nitrogens with zero attached hydrogens (tertiary/aromatic N) is 2. The van der Waals surface area contributed by atoms with Crippen molar-refractivity contribution in [1.29, 1.82) is 0 Å². The Morgan fingerprint density at radius 1 is 1.24 bits per heavy atom. The van der Waals surface area contributed by atoms with Crippen molar-refractivity contribution in [2.45, 2.75) is 46.0 Å². The van der Waals surface area contributed by atoms with Gasteiger partial charge in [0.2, 0.25) is 0 Å². The van der Waals surface area contributed by atoms with Crippen LogP contribution in [0.15, 0.2) is 18.3 Å². The first-order chi connectivity index (χ1) is 10.2. The van der Waals surface area contributed by atoms with E-state index in [1.54, 1.807) is 0 Å².